The molecule has 1 aliphatic carbocycles. The van der Waals surface area contributed by atoms with Crippen molar-refractivity contribution in [3.63, 3.8) is 0 Å². The number of urea groups is 1. The summed E-state index contributed by atoms with van der Waals surface area (Å²) >= 11 is 0. The lowest BCUT2D eigenvalue weighted by Crippen LogP contribution is -2.60. The van der Waals surface area contributed by atoms with E-state index in [1.54, 1.807) is 12.3 Å². The topological polar surface area (TPSA) is 178 Å². The molecule has 1 aromatic heterocycles. The lowest BCUT2D eigenvalue weighted by atomic mass is 9.90. The van der Waals surface area contributed by atoms with Crippen LogP contribution in [0.3, 0.4) is 0 Å². The van der Waals surface area contributed by atoms with Gasteiger partial charge in [-0.3, -0.25) is 19.6 Å². The third-order valence-electron chi connectivity index (χ3n) is 9.00. The molecular weight excluding hydrogens is 620 g/mol. The zero-order valence-corrected chi connectivity index (χ0v) is 28.2. The van der Waals surface area contributed by atoms with Crippen molar-refractivity contribution in [3.05, 3.63) is 52.1 Å². The second-order valence-electron chi connectivity index (χ2n) is 14.2. The van der Waals surface area contributed by atoms with Gasteiger partial charge in [-0.15, -0.1) is 0 Å². The highest BCUT2D eigenvalue weighted by Gasteiger charge is 2.36. The Balaban J connectivity index is 1.12. The highest BCUT2D eigenvalue weighted by molar-refractivity contribution is 5.90. The number of hydrogen-bond acceptors (Lipinski definition) is 8. The van der Waals surface area contributed by atoms with Gasteiger partial charge in [0.2, 0.25) is 5.91 Å². The third-order valence-corrected chi connectivity index (χ3v) is 9.00. The Morgan fingerprint density at radius 2 is 1.54 bits per heavy atom. The number of benzene rings is 1. The summed E-state index contributed by atoms with van der Waals surface area (Å²) in [5.41, 5.74) is 0.739. The van der Waals surface area contributed by atoms with Crippen LogP contribution < -0.4 is 21.6 Å². The number of aromatic nitrogens is 2. The summed E-state index contributed by atoms with van der Waals surface area (Å²) < 4.78 is 6.85. The summed E-state index contributed by atoms with van der Waals surface area (Å²) in [5.74, 6) is -0.248. The van der Waals surface area contributed by atoms with Gasteiger partial charge in [-0.1, -0.05) is 6.07 Å². The van der Waals surface area contributed by atoms with Crippen molar-refractivity contribution in [3.8, 4) is 5.69 Å². The van der Waals surface area contributed by atoms with Crippen LogP contribution in [0.5, 0.6) is 0 Å². The van der Waals surface area contributed by atoms with Crippen LogP contribution >= 0.6 is 0 Å². The van der Waals surface area contributed by atoms with Gasteiger partial charge in [0.05, 0.1) is 5.69 Å². The first-order valence-electron chi connectivity index (χ1n) is 16.4. The van der Waals surface area contributed by atoms with Gasteiger partial charge in [-0.2, -0.15) is 4.98 Å². The molecule has 0 radical (unpaired) electrons. The van der Waals surface area contributed by atoms with E-state index >= 15 is 0 Å². The minimum atomic E-state index is -1.29. The van der Waals surface area contributed by atoms with E-state index in [2.05, 4.69) is 25.8 Å². The maximum absolute atomic E-state index is 13.0. The lowest BCUT2D eigenvalue weighted by Gasteiger charge is -2.38. The number of anilines is 1. The molecule has 5 amide bonds. The molecule has 2 aliphatic heterocycles. The Morgan fingerprint density at radius 3 is 2.17 bits per heavy atom. The second kappa shape index (κ2) is 13.8. The molecule has 1 aromatic carbocycles. The maximum Gasteiger partial charge on any atom is 0.407 e. The molecule has 3 aliphatic rings. The Morgan fingerprint density at radius 1 is 0.896 bits per heavy atom. The molecule has 1 saturated carbocycles. The van der Waals surface area contributed by atoms with E-state index in [-0.39, 0.29) is 50.0 Å². The number of alkyl carbamates (subject to hydrolysis) is 1. The van der Waals surface area contributed by atoms with Crippen molar-refractivity contribution in [2.24, 2.45) is 0 Å². The van der Waals surface area contributed by atoms with Gasteiger partial charge in [0.15, 0.2) is 0 Å². The van der Waals surface area contributed by atoms with Crippen molar-refractivity contribution in [1.29, 1.82) is 0 Å². The van der Waals surface area contributed by atoms with E-state index in [9.17, 15) is 24.0 Å². The molecule has 5 rings (SSSR count). The van der Waals surface area contributed by atoms with Crippen LogP contribution in [0.25, 0.3) is 5.69 Å². The summed E-state index contributed by atoms with van der Waals surface area (Å²) in [6, 6.07) is 7.62. The number of carboxylic acid groups (broad SMARTS) is 1. The number of piperazine rings is 1. The number of carbonyl (C=O) groups is 4. The fraction of sp³-hybridized carbons (Fsp3) is 0.576. The van der Waals surface area contributed by atoms with Gasteiger partial charge in [-0.25, -0.2) is 19.2 Å². The Kier molecular flexibility index (Phi) is 9.99. The minimum Gasteiger partial charge on any atom is -0.465 e. The normalized spacial score (nSPS) is 20.1. The number of fused-ring (bicyclic) bond motifs is 1. The zero-order valence-electron chi connectivity index (χ0n) is 28.2. The second-order valence-corrected chi connectivity index (χ2v) is 14.2. The van der Waals surface area contributed by atoms with E-state index in [4.69, 9.17) is 9.84 Å². The first-order valence-corrected chi connectivity index (χ1v) is 16.4. The number of ether oxygens (including phenoxy) is 1. The minimum absolute atomic E-state index is 0.114. The number of rotatable bonds is 6. The van der Waals surface area contributed by atoms with Crippen LogP contribution in [0.1, 0.15) is 71.4 Å². The monoisotopic (exact) mass is 666 g/mol. The predicted molar refractivity (Wildman–Crippen MR) is 177 cm³/mol. The number of nitrogens with zero attached hydrogens (tertiary/aromatic N) is 5. The maximum atomic E-state index is 13.0. The van der Waals surface area contributed by atoms with E-state index < -0.39 is 29.0 Å². The summed E-state index contributed by atoms with van der Waals surface area (Å²) in [7, 11) is 0. The average Bonchev–Trinajstić information content (AvgIpc) is 3.43. The van der Waals surface area contributed by atoms with Gasteiger partial charge in [0.25, 0.3) is 0 Å². The molecule has 260 valence electrons. The van der Waals surface area contributed by atoms with Crippen LogP contribution in [0.4, 0.5) is 20.2 Å². The first-order chi connectivity index (χ1) is 22.6. The van der Waals surface area contributed by atoms with Crippen LogP contribution in [-0.4, -0.2) is 103 Å². The molecule has 0 atom stereocenters. The largest absolute Gasteiger partial charge is 0.465 e. The number of carbonyl (C=O) groups excluding carboxylic acids is 3. The lowest BCUT2D eigenvalue weighted by molar-refractivity contribution is -0.138. The van der Waals surface area contributed by atoms with E-state index in [0.29, 0.717) is 11.7 Å². The number of hydrogen-bond donors (Lipinski definition) is 4. The molecule has 48 heavy (non-hydrogen) atoms. The smallest absolute Gasteiger partial charge is 0.407 e. The summed E-state index contributed by atoms with van der Waals surface area (Å²) in [4.78, 5) is 71.5. The molecule has 1 saturated heterocycles. The molecule has 0 unspecified atom stereocenters. The summed E-state index contributed by atoms with van der Waals surface area (Å²) in [6.07, 6.45) is 3.69. The molecule has 0 spiro atoms. The zero-order chi connectivity index (χ0) is 34.8. The van der Waals surface area contributed by atoms with E-state index in [1.807, 2.05) is 39.0 Å². The fourth-order valence-corrected chi connectivity index (χ4v) is 6.56. The summed E-state index contributed by atoms with van der Waals surface area (Å²) in [6.45, 7) is 11.2. The number of amides is 5. The predicted octanol–water partition coefficient (Wildman–Crippen LogP) is 3.11. The Hall–Kier alpha value is -4.66. The first kappa shape index (κ1) is 34.7. The summed E-state index contributed by atoms with van der Waals surface area (Å²) in [5, 5.41) is 16.9. The third kappa shape index (κ3) is 8.43. The molecule has 15 nitrogen and oxygen atoms in total. The van der Waals surface area contributed by atoms with Crippen molar-refractivity contribution in [2.45, 2.75) is 96.6 Å². The van der Waals surface area contributed by atoms with E-state index in [0.717, 1.165) is 44.3 Å². The quantitative estimate of drug-likeness (QED) is 0.361. The van der Waals surface area contributed by atoms with E-state index in [1.165, 1.54) is 33.8 Å². The SMILES string of the molecule is CC(C)(C)OC(=O)NC1CCC(N2Cc3ccc(-n4ccc(NC(=O)N5CCN(C(=O)C(C)(C)NC(=O)O)CC5)nc4=O)cc3C2)CC1. The van der Waals surface area contributed by atoms with Gasteiger partial charge < -0.3 is 30.3 Å². The van der Waals surface area contributed by atoms with Crippen LogP contribution in [0.15, 0.2) is 35.3 Å². The van der Waals surface area contributed by atoms with Crippen molar-refractivity contribution < 1.29 is 29.0 Å². The molecule has 3 heterocycles. The highest BCUT2D eigenvalue weighted by atomic mass is 16.6. The van der Waals surface area contributed by atoms with Gasteiger partial charge in [-0.05, 0) is 89.6 Å². The Bertz CT molecular complexity index is 1600. The molecular formula is C33H46N8O7. The van der Waals surface area contributed by atoms with Gasteiger partial charge in [0.1, 0.15) is 17.0 Å². The van der Waals surface area contributed by atoms with Gasteiger partial charge >= 0.3 is 23.9 Å². The molecule has 2 aromatic rings. The molecule has 0 bridgehead atoms. The number of nitrogens with one attached hydrogen (secondary N) is 3. The van der Waals surface area contributed by atoms with Crippen LogP contribution in [0, 0.1) is 0 Å². The standard InChI is InChI=1S/C33H46N8O7/c1-32(2,3)48-31(47)34-23-7-10-24(11-8-23)40-19-21-6-9-25(18-22(21)20-40)41-13-12-26(36-29(41)44)35-28(43)39-16-14-38(15-17-39)27(42)33(4,5)37-30(45)46/h6,9,12-13,18,23-24,37H,7-8,10-11,14-17,19-20H2,1-5H3,(H,34,47)(H,45,46)(H,35,36,43,44). The molecule has 15 heteroatoms. The van der Waals surface area contributed by atoms with Gasteiger partial charge in [0, 0.05) is 57.5 Å². The van der Waals surface area contributed by atoms with Crippen LogP contribution in [-0.2, 0) is 22.6 Å². The molecule has 4 N–H and O–H groups in total. The van der Waals surface area contributed by atoms with Crippen LogP contribution in [0.2, 0.25) is 0 Å². The average molecular weight is 667 g/mol. The fourth-order valence-electron chi connectivity index (χ4n) is 6.56. The van der Waals surface area contributed by atoms with Crippen molar-refractivity contribution in [1.82, 2.24) is 34.9 Å². The Labute approximate surface area is 279 Å². The van der Waals surface area contributed by atoms with Crippen molar-refractivity contribution >= 4 is 29.9 Å². The van der Waals surface area contributed by atoms with Crippen molar-refractivity contribution in [2.75, 3.05) is 31.5 Å². The molecule has 2 fully saturated rings. The highest BCUT2D eigenvalue weighted by Crippen LogP contribution is 2.32.